The standard InChI is InChI=1S/C13H18ClN3O2S/c1-10-3-4-11-12(9-10)17(13(16-11)5-6-14)8-7-15-20(2,18)19/h3-4,9,15H,5-8H2,1-2H3. The lowest BCUT2D eigenvalue weighted by Gasteiger charge is -2.09. The maximum absolute atomic E-state index is 11.1. The summed E-state index contributed by atoms with van der Waals surface area (Å²) in [6, 6.07) is 6.04. The molecule has 0 aliphatic heterocycles. The van der Waals surface area contributed by atoms with Crippen molar-refractivity contribution in [2.75, 3.05) is 18.7 Å². The minimum absolute atomic E-state index is 0.341. The molecule has 0 saturated heterocycles. The van der Waals surface area contributed by atoms with E-state index in [1.54, 1.807) is 0 Å². The van der Waals surface area contributed by atoms with Gasteiger partial charge in [0.25, 0.3) is 0 Å². The van der Waals surface area contributed by atoms with Crippen molar-refractivity contribution in [2.45, 2.75) is 19.9 Å². The zero-order valence-corrected chi connectivity index (χ0v) is 13.1. The van der Waals surface area contributed by atoms with Gasteiger partial charge in [0.1, 0.15) is 5.82 Å². The molecule has 0 atom stereocenters. The van der Waals surface area contributed by atoms with Crippen molar-refractivity contribution in [2.24, 2.45) is 0 Å². The number of sulfonamides is 1. The molecule has 0 radical (unpaired) electrons. The highest BCUT2D eigenvalue weighted by atomic mass is 35.5. The van der Waals surface area contributed by atoms with Gasteiger partial charge in [-0.3, -0.25) is 0 Å². The summed E-state index contributed by atoms with van der Waals surface area (Å²) in [5, 5.41) is 0. The lowest BCUT2D eigenvalue weighted by molar-refractivity contribution is 0.577. The molecule has 1 heterocycles. The molecule has 7 heteroatoms. The molecule has 1 aromatic carbocycles. The van der Waals surface area contributed by atoms with Crippen molar-refractivity contribution in [3.05, 3.63) is 29.6 Å². The van der Waals surface area contributed by atoms with E-state index in [0.29, 0.717) is 25.4 Å². The molecule has 110 valence electrons. The Balaban J connectivity index is 2.32. The highest BCUT2D eigenvalue weighted by Gasteiger charge is 2.11. The highest BCUT2D eigenvalue weighted by Crippen LogP contribution is 2.18. The number of hydrogen-bond acceptors (Lipinski definition) is 3. The van der Waals surface area contributed by atoms with Gasteiger partial charge in [-0.05, 0) is 24.6 Å². The fourth-order valence-electron chi connectivity index (χ4n) is 2.15. The van der Waals surface area contributed by atoms with Crippen LogP contribution < -0.4 is 4.72 Å². The van der Waals surface area contributed by atoms with E-state index in [-0.39, 0.29) is 0 Å². The maximum Gasteiger partial charge on any atom is 0.208 e. The second-order valence-corrected chi connectivity index (χ2v) is 6.99. The first kappa shape index (κ1) is 15.3. The quantitative estimate of drug-likeness (QED) is 0.825. The van der Waals surface area contributed by atoms with Crippen molar-refractivity contribution in [1.29, 1.82) is 0 Å². The van der Waals surface area contributed by atoms with Crippen LogP contribution in [0.25, 0.3) is 11.0 Å². The Morgan fingerprint density at radius 1 is 1.40 bits per heavy atom. The van der Waals surface area contributed by atoms with Crippen LogP contribution in [0.3, 0.4) is 0 Å². The number of fused-ring (bicyclic) bond motifs is 1. The van der Waals surface area contributed by atoms with Crippen LogP contribution >= 0.6 is 11.6 Å². The SMILES string of the molecule is Cc1ccc2nc(CCCl)n(CCNS(C)(=O)=O)c2c1. The normalized spacial score (nSPS) is 12.2. The third-order valence-corrected chi connectivity index (χ3v) is 3.92. The van der Waals surface area contributed by atoms with Crippen LogP contribution in [0.5, 0.6) is 0 Å². The molecular formula is C13H18ClN3O2S. The Bertz CT molecular complexity index is 710. The van der Waals surface area contributed by atoms with Crippen molar-refractivity contribution >= 4 is 32.7 Å². The Hall–Kier alpha value is -1.11. The van der Waals surface area contributed by atoms with E-state index in [9.17, 15) is 8.42 Å². The minimum atomic E-state index is -3.17. The number of imidazole rings is 1. The number of alkyl halides is 1. The van der Waals surface area contributed by atoms with Crippen molar-refractivity contribution in [1.82, 2.24) is 14.3 Å². The number of nitrogens with zero attached hydrogens (tertiary/aromatic N) is 2. The summed E-state index contributed by atoms with van der Waals surface area (Å²) < 4.78 is 26.8. The van der Waals surface area contributed by atoms with Gasteiger partial charge in [-0.25, -0.2) is 18.1 Å². The molecule has 20 heavy (non-hydrogen) atoms. The van der Waals surface area contributed by atoms with Crippen LogP contribution in [0.4, 0.5) is 0 Å². The zero-order valence-electron chi connectivity index (χ0n) is 11.6. The van der Waals surface area contributed by atoms with Crippen LogP contribution in [-0.4, -0.2) is 36.6 Å². The maximum atomic E-state index is 11.1. The molecule has 0 fully saturated rings. The number of halogens is 1. The number of aromatic nitrogens is 2. The summed E-state index contributed by atoms with van der Waals surface area (Å²) >= 11 is 5.81. The number of rotatable bonds is 6. The van der Waals surface area contributed by atoms with E-state index in [1.807, 2.05) is 23.6 Å². The van der Waals surface area contributed by atoms with Gasteiger partial charge in [-0.15, -0.1) is 11.6 Å². The molecule has 1 N–H and O–H groups in total. The van der Waals surface area contributed by atoms with Crippen molar-refractivity contribution < 1.29 is 8.42 Å². The van der Waals surface area contributed by atoms with E-state index < -0.39 is 10.0 Å². The van der Waals surface area contributed by atoms with E-state index in [4.69, 9.17) is 11.6 Å². The van der Waals surface area contributed by atoms with Gasteiger partial charge < -0.3 is 4.57 Å². The summed E-state index contributed by atoms with van der Waals surface area (Å²) in [5.74, 6) is 1.37. The molecular weight excluding hydrogens is 298 g/mol. The topological polar surface area (TPSA) is 64.0 Å². The molecule has 5 nitrogen and oxygen atoms in total. The molecule has 2 rings (SSSR count). The molecule has 0 bridgehead atoms. The first-order valence-electron chi connectivity index (χ1n) is 6.37. The number of nitrogens with one attached hydrogen (secondary N) is 1. The Kier molecular flexibility index (Phi) is 4.67. The average Bonchev–Trinajstić information content (AvgIpc) is 2.66. The largest absolute Gasteiger partial charge is 0.327 e. The summed E-state index contributed by atoms with van der Waals surface area (Å²) in [6.07, 6.45) is 1.82. The lowest BCUT2D eigenvalue weighted by Crippen LogP contribution is -2.26. The van der Waals surface area contributed by atoms with E-state index in [1.165, 1.54) is 0 Å². The fraction of sp³-hybridized carbons (Fsp3) is 0.462. The fourth-order valence-corrected chi connectivity index (χ4v) is 2.78. The van der Waals surface area contributed by atoms with Gasteiger partial charge in [-0.1, -0.05) is 6.07 Å². The highest BCUT2D eigenvalue weighted by molar-refractivity contribution is 7.88. The van der Waals surface area contributed by atoms with Crippen LogP contribution in [0.15, 0.2) is 18.2 Å². The Morgan fingerprint density at radius 2 is 2.15 bits per heavy atom. The molecule has 0 aliphatic carbocycles. The molecule has 0 spiro atoms. The number of hydrogen-bond donors (Lipinski definition) is 1. The minimum Gasteiger partial charge on any atom is -0.327 e. The number of aryl methyl sites for hydroxylation is 2. The molecule has 0 saturated carbocycles. The average molecular weight is 316 g/mol. The molecule has 0 unspecified atom stereocenters. The third-order valence-electron chi connectivity index (χ3n) is 3.00. The van der Waals surface area contributed by atoms with Gasteiger partial charge >= 0.3 is 0 Å². The summed E-state index contributed by atoms with van der Waals surface area (Å²) in [7, 11) is -3.17. The van der Waals surface area contributed by atoms with Gasteiger partial charge in [0, 0.05) is 25.4 Å². The van der Waals surface area contributed by atoms with Crippen LogP contribution in [0.2, 0.25) is 0 Å². The van der Waals surface area contributed by atoms with Crippen LogP contribution in [0, 0.1) is 6.92 Å². The monoisotopic (exact) mass is 315 g/mol. The predicted octanol–water partition coefficient (Wildman–Crippen LogP) is 1.68. The molecule has 1 aromatic heterocycles. The van der Waals surface area contributed by atoms with Gasteiger partial charge in [0.2, 0.25) is 10.0 Å². The number of benzene rings is 1. The summed E-state index contributed by atoms with van der Waals surface area (Å²) in [5.41, 5.74) is 3.07. The molecule has 0 aliphatic rings. The third kappa shape index (κ3) is 3.71. The van der Waals surface area contributed by atoms with Crippen LogP contribution in [0.1, 0.15) is 11.4 Å². The molecule has 2 aromatic rings. The first-order valence-corrected chi connectivity index (χ1v) is 8.79. The van der Waals surface area contributed by atoms with Crippen molar-refractivity contribution in [3.8, 4) is 0 Å². The van der Waals surface area contributed by atoms with Gasteiger partial charge in [0.15, 0.2) is 0 Å². The smallest absolute Gasteiger partial charge is 0.208 e. The van der Waals surface area contributed by atoms with E-state index >= 15 is 0 Å². The van der Waals surface area contributed by atoms with Crippen molar-refractivity contribution in [3.63, 3.8) is 0 Å². The first-order chi connectivity index (χ1) is 9.40. The van der Waals surface area contributed by atoms with E-state index in [2.05, 4.69) is 15.8 Å². The summed E-state index contributed by atoms with van der Waals surface area (Å²) in [4.78, 5) is 4.56. The van der Waals surface area contributed by atoms with E-state index in [0.717, 1.165) is 28.7 Å². The second kappa shape index (κ2) is 6.11. The van der Waals surface area contributed by atoms with Gasteiger partial charge in [-0.2, -0.15) is 0 Å². The summed E-state index contributed by atoms with van der Waals surface area (Å²) in [6.45, 7) is 2.90. The molecule has 0 amide bonds. The van der Waals surface area contributed by atoms with Crippen LogP contribution in [-0.2, 0) is 23.0 Å². The lowest BCUT2D eigenvalue weighted by atomic mass is 10.2. The predicted molar refractivity (Wildman–Crippen MR) is 81.7 cm³/mol. The Morgan fingerprint density at radius 3 is 2.80 bits per heavy atom. The van der Waals surface area contributed by atoms with Gasteiger partial charge in [0.05, 0.1) is 17.3 Å². The second-order valence-electron chi connectivity index (χ2n) is 4.78. The Labute approximate surface area is 124 Å². The zero-order chi connectivity index (χ0) is 14.8.